The van der Waals surface area contributed by atoms with E-state index >= 15 is 0 Å². The topological polar surface area (TPSA) is 12.9 Å². The van der Waals surface area contributed by atoms with Gasteiger partial charge in [0.05, 0.1) is 11.0 Å². The fourth-order valence-electron chi connectivity index (χ4n) is 7.09. The van der Waals surface area contributed by atoms with Gasteiger partial charge in [0.25, 0.3) is 0 Å². The molecule has 2 aliphatic carbocycles. The van der Waals surface area contributed by atoms with E-state index in [2.05, 4.69) is 66.7 Å². The van der Waals surface area contributed by atoms with Crippen molar-refractivity contribution >= 4 is 43.4 Å². The van der Waals surface area contributed by atoms with Crippen LogP contribution < -0.4 is 0 Å². The van der Waals surface area contributed by atoms with Crippen molar-refractivity contribution < 1.29 is 0 Å². The molecule has 0 amide bonds. The van der Waals surface area contributed by atoms with E-state index in [1.54, 1.807) is 0 Å². The molecule has 0 N–H and O–H groups in total. The van der Waals surface area contributed by atoms with Gasteiger partial charge in [-0.25, -0.2) is 4.98 Å². The van der Waals surface area contributed by atoms with Gasteiger partial charge >= 0.3 is 0 Å². The van der Waals surface area contributed by atoms with Gasteiger partial charge in [0.1, 0.15) is 0 Å². The molecule has 0 saturated heterocycles. The first-order valence-electron chi connectivity index (χ1n) is 13.5. The number of nitrogens with zero attached hydrogens (tertiary/aromatic N) is 1. The van der Waals surface area contributed by atoms with Crippen LogP contribution in [0.25, 0.3) is 43.4 Å². The normalized spacial score (nSPS) is 18.4. The summed E-state index contributed by atoms with van der Waals surface area (Å²) < 4.78 is 0. The van der Waals surface area contributed by atoms with Gasteiger partial charge in [-0.2, -0.15) is 0 Å². The quantitative estimate of drug-likeness (QED) is 0.195. The fourth-order valence-corrected chi connectivity index (χ4v) is 7.09. The average Bonchev–Trinajstić information content (AvgIpc) is 2.92. The number of benzene rings is 4. The van der Waals surface area contributed by atoms with Crippen molar-refractivity contribution in [3.8, 4) is 0 Å². The van der Waals surface area contributed by atoms with Crippen molar-refractivity contribution in [2.75, 3.05) is 0 Å². The molecule has 5 aromatic rings. The third-order valence-corrected chi connectivity index (χ3v) is 8.81. The monoisotopic (exact) mass is 443 g/mol. The molecule has 2 saturated carbocycles. The van der Waals surface area contributed by atoms with E-state index in [-0.39, 0.29) is 0 Å². The second-order valence-corrected chi connectivity index (χ2v) is 10.8. The lowest BCUT2D eigenvalue weighted by molar-refractivity contribution is 0.445. The largest absolute Gasteiger partial charge is 0.248 e. The zero-order valence-corrected chi connectivity index (χ0v) is 20.0. The third kappa shape index (κ3) is 3.32. The Morgan fingerprint density at radius 1 is 0.441 bits per heavy atom. The van der Waals surface area contributed by atoms with Crippen LogP contribution in [0, 0.1) is 0 Å². The summed E-state index contributed by atoms with van der Waals surface area (Å²) in [4.78, 5) is 5.39. The van der Waals surface area contributed by atoms with Gasteiger partial charge in [-0.3, -0.25) is 0 Å². The molecule has 0 spiro atoms. The summed E-state index contributed by atoms with van der Waals surface area (Å²) in [5.41, 5.74) is 5.42. The highest BCUT2D eigenvalue weighted by molar-refractivity contribution is 6.16. The van der Waals surface area contributed by atoms with Crippen LogP contribution in [0.4, 0.5) is 0 Å². The summed E-state index contributed by atoms with van der Waals surface area (Å²) in [5, 5.41) is 8.22. The standard InChI is InChI=1S/C33H33N/c1-3-11-22(12-4-1)28-20-32-30(26-17-9-7-15-24(26)28)19-31-27-18-10-8-16-25(27)29(21-33(31)34-32)23-13-5-2-6-14-23/h7-10,15-23H,1-6,11-14H2. The molecule has 1 heterocycles. The Morgan fingerprint density at radius 2 is 0.853 bits per heavy atom. The molecule has 0 aliphatic heterocycles. The van der Waals surface area contributed by atoms with Crippen molar-refractivity contribution in [3.05, 3.63) is 77.9 Å². The highest BCUT2D eigenvalue weighted by Gasteiger charge is 2.22. The molecule has 2 aliphatic rings. The van der Waals surface area contributed by atoms with Gasteiger partial charge in [0.2, 0.25) is 0 Å². The maximum absolute atomic E-state index is 5.39. The Hall–Kier alpha value is -2.93. The Balaban J connectivity index is 1.52. The lowest BCUT2D eigenvalue weighted by atomic mass is 9.80. The first-order chi connectivity index (χ1) is 16.9. The molecule has 0 unspecified atom stereocenters. The van der Waals surface area contributed by atoms with Crippen LogP contribution in [0.1, 0.15) is 87.2 Å². The lowest BCUT2D eigenvalue weighted by Crippen LogP contribution is -2.06. The van der Waals surface area contributed by atoms with Crippen molar-refractivity contribution in [1.29, 1.82) is 0 Å². The smallest absolute Gasteiger partial charge is 0.0719 e. The Kier molecular flexibility index (Phi) is 5.04. The number of pyridine rings is 1. The lowest BCUT2D eigenvalue weighted by Gasteiger charge is -2.25. The van der Waals surface area contributed by atoms with Crippen molar-refractivity contribution in [3.63, 3.8) is 0 Å². The fraction of sp³-hybridized carbons (Fsp3) is 0.364. The maximum Gasteiger partial charge on any atom is 0.0719 e. The third-order valence-electron chi connectivity index (χ3n) is 8.81. The number of aromatic nitrogens is 1. The SMILES string of the molecule is c1ccc2c(c1)c(C1CCCCC1)cc1nc3cc(C4CCCCC4)c4ccccc4c3cc12. The molecule has 0 atom stereocenters. The van der Waals surface area contributed by atoms with Crippen LogP contribution in [0.2, 0.25) is 0 Å². The Bertz CT molecular complexity index is 1400. The summed E-state index contributed by atoms with van der Waals surface area (Å²) in [6.07, 6.45) is 13.5. The van der Waals surface area contributed by atoms with E-state index < -0.39 is 0 Å². The Morgan fingerprint density at radius 3 is 1.29 bits per heavy atom. The zero-order chi connectivity index (χ0) is 22.5. The molecule has 4 aromatic carbocycles. The van der Waals surface area contributed by atoms with Crippen LogP contribution in [0.5, 0.6) is 0 Å². The average molecular weight is 444 g/mol. The zero-order valence-electron chi connectivity index (χ0n) is 20.0. The summed E-state index contributed by atoms with van der Waals surface area (Å²) in [6, 6.07) is 25.5. The summed E-state index contributed by atoms with van der Waals surface area (Å²) in [5.74, 6) is 1.35. The van der Waals surface area contributed by atoms with E-state index in [0.717, 1.165) is 0 Å². The molecule has 0 bridgehead atoms. The first kappa shape index (κ1) is 20.4. The summed E-state index contributed by atoms with van der Waals surface area (Å²) in [6.45, 7) is 0. The van der Waals surface area contributed by atoms with Gasteiger partial charge in [-0.15, -0.1) is 0 Å². The second-order valence-electron chi connectivity index (χ2n) is 10.8. The number of hydrogen-bond donors (Lipinski definition) is 0. The van der Waals surface area contributed by atoms with Crippen molar-refractivity contribution in [2.45, 2.75) is 76.0 Å². The van der Waals surface area contributed by atoms with Crippen LogP contribution >= 0.6 is 0 Å². The molecule has 1 aromatic heterocycles. The van der Waals surface area contributed by atoms with E-state index in [9.17, 15) is 0 Å². The predicted molar refractivity (Wildman–Crippen MR) is 146 cm³/mol. The first-order valence-corrected chi connectivity index (χ1v) is 13.5. The van der Waals surface area contributed by atoms with Gasteiger partial charge in [0, 0.05) is 10.8 Å². The molecule has 170 valence electrons. The molecule has 2 fully saturated rings. The highest BCUT2D eigenvalue weighted by Crippen LogP contribution is 2.42. The predicted octanol–water partition coefficient (Wildman–Crippen LogP) is 9.79. The molecular formula is C33H33N. The molecule has 0 radical (unpaired) electrons. The molecule has 1 nitrogen and oxygen atoms in total. The van der Waals surface area contributed by atoms with Crippen LogP contribution in [-0.4, -0.2) is 4.98 Å². The Labute approximate surface area is 202 Å². The molecule has 1 heteroatoms. The van der Waals surface area contributed by atoms with Crippen molar-refractivity contribution in [2.24, 2.45) is 0 Å². The molecular weight excluding hydrogens is 410 g/mol. The van der Waals surface area contributed by atoms with E-state index in [4.69, 9.17) is 4.98 Å². The maximum atomic E-state index is 5.39. The van der Waals surface area contributed by atoms with Gasteiger partial charge < -0.3 is 0 Å². The van der Waals surface area contributed by atoms with E-state index in [1.807, 2.05) is 0 Å². The second kappa shape index (κ2) is 8.38. The van der Waals surface area contributed by atoms with Gasteiger partial charge in [0.15, 0.2) is 0 Å². The number of fused-ring (bicyclic) bond motifs is 6. The van der Waals surface area contributed by atoms with Gasteiger partial charge in [-0.05, 0) is 88.4 Å². The van der Waals surface area contributed by atoms with E-state index in [0.29, 0.717) is 11.8 Å². The van der Waals surface area contributed by atoms with Crippen LogP contribution in [-0.2, 0) is 0 Å². The minimum absolute atomic E-state index is 0.676. The van der Waals surface area contributed by atoms with Gasteiger partial charge in [-0.1, -0.05) is 87.1 Å². The molecule has 34 heavy (non-hydrogen) atoms. The number of rotatable bonds is 2. The van der Waals surface area contributed by atoms with Crippen LogP contribution in [0.15, 0.2) is 66.7 Å². The summed E-state index contributed by atoms with van der Waals surface area (Å²) >= 11 is 0. The molecule has 7 rings (SSSR count). The highest BCUT2D eigenvalue weighted by atomic mass is 14.7. The minimum atomic E-state index is 0.676. The number of hydrogen-bond acceptors (Lipinski definition) is 1. The van der Waals surface area contributed by atoms with Crippen molar-refractivity contribution in [1.82, 2.24) is 4.98 Å². The van der Waals surface area contributed by atoms with Crippen LogP contribution in [0.3, 0.4) is 0 Å². The summed E-state index contributed by atoms with van der Waals surface area (Å²) in [7, 11) is 0. The van der Waals surface area contributed by atoms with E-state index in [1.165, 1.54) is 119 Å². The minimum Gasteiger partial charge on any atom is -0.248 e.